The van der Waals surface area contributed by atoms with E-state index in [9.17, 15) is 9.18 Å². The van der Waals surface area contributed by atoms with Crippen LogP contribution in [0, 0.1) is 5.82 Å². The number of carbonyl (C=O) groups is 1. The maximum absolute atomic E-state index is 12.9. The fraction of sp³-hybridized carbons (Fsp3) is 0.0909. The predicted molar refractivity (Wildman–Crippen MR) is 70.9 cm³/mol. The Balaban J connectivity index is 2.51. The van der Waals surface area contributed by atoms with Crippen molar-refractivity contribution in [2.75, 3.05) is 6.26 Å². The van der Waals surface area contributed by atoms with Gasteiger partial charge in [-0.25, -0.2) is 15.2 Å². The van der Waals surface area contributed by atoms with E-state index in [-0.39, 0.29) is 11.5 Å². The first kappa shape index (κ1) is 13.0. The Bertz CT molecular complexity index is 568. The van der Waals surface area contributed by atoms with Crippen molar-refractivity contribution in [3.63, 3.8) is 0 Å². The summed E-state index contributed by atoms with van der Waals surface area (Å²) in [7, 11) is 0. The van der Waals surface area contributed by atoms with Gasteiger partial charge in [-0.15, -0.1) is 11.3 Å². The van der Waals surface area contributed by atoms with Gasteiger partial charge in [0.05, 0.1) is 4.88 Å². The van der Waals surface area contributed by atoms with Crippen LogP contribution >= 0.6 is 23.1 Å². The number of aromatic nitrogens is 1. The highest BCUT2D eigenvalue weighted by Gasteiger charge is 2.18. The average molecular weight is 283 g/mol. The molecule has 18 heavy (non-hydrogen) atoms. The van der Waals surface area contributed by atoms with E-state index in [4.69, 9.17) is 5.84 Å². The maximum Gasteiger partial charge on any atom is 0.285 e. The first-order chi connectivity index (χ1) is 8.65. The summed E-state index contributed by atoms with van der Waals surface area (Å²) >= 11 is 2.82. The fourth-order valence-corrected chi connectivity index (χ4v) is 2.97. The van der Waals surface area contributed by atoms with Crippen molar-refractivity contribution < 1.29 is 9.18 Å². The molecule has 3 N–H and O–H groups in total. The van der Waals surface area contributed by atoms with Crippen molar-refractivity contribution in [3.8, 4) is 10.4 Å². The quantitative estimate of drug-likeness (QED) is 0.392. The molecule has 2 aromatic rings. The van der Waals surface area contributed by atoms with Crippen LogP contribution in [0.3, 0.4) is 0 Å². The lowest BCUT2D eigenvalue weighted by atomic mass is 10.1. The topological polar surface area (TPSA) is 68.0 Å². The number of nitrogens with one attached hydrogen (secondary N) is 1. The molecule has 94 valence electrons. The second-order valence-corrected chi connectivity index (χ2v) is 5.39. The molecule has 4 nitrogen and oxygen atoms in total. The number of thiazole rings is 1. The molecule has 0 saturated carbocycles. The second-order valence-electron chi connectivity index (χ2n) is 3.34. The van der Waals surface area contributed by atoms with Gasteiger partial charge in [0.25, 0.3) is 5.91 Å². The molecule has 7 heteroatoms. The molecule has 0 spiro atoms. The summed E-state index contributed by atoms with van der Waals surface area (Å²) in [6, 6.07) is 5.91. The molecule has 0 aliphatic heterocycles. The Labute approximate surface area is 111 Å². The van der Waals surface area contributed by atoms with Crippen LogP contribution in [0.2, 0.25) is 0 Å². The molecule has 1 heterocycles. The molecule has 0 unspecified atom stereocenters. The zero-order valence-electron chi connectivity index (χ0n) is 9.44. The van der Waals surface area contributed by atoms with Gasteiger partial charge in [-0.05, 0) is 24.0 Å². The van der Waals surface area contributed by atoms with Crippen molar-refractivity contribution in [2.24, 2.45) is 5.84 Å². The normalized spacial score (nSPS) is 10.4. The molecule has 0 fully saturated rings. The Morgan fingerprint density at radius 1 is 1.44 bits per heavy atom. The minimum atomic E-state index is -0.453. The largest absolute Gasteiger partial charge is 0.289 e. The number of benzene rings is 1. The molecule has 0 saturated heterocycles. The smallest absolute Gasteiger partial charge is 0.285 e. The highest BCUT2D eigenvalue weighted by molar-refractivity contribution is 8.00. The summed E-state index contributed by atoms with van der Waals surface area (Å²) in [5.41, 5.74) is 3.07. The van der Waals surface area contributed by atoms with Crippen molar-refractivity contribution in [1.29, 1.82) is 0 Å². The highest BCUT2D eigenvalue weighted by atomic mass is 32.2. The first-order valence-corrected chi connectivity index (χ1v) is 7.01. The Hall–Kier alpha value is -1.44. The zero-order valence-corrected chi connectivity index (χ0v) is 11.1. The number of halogens is 1. The number of hydrogen-bond acceptors (Lipinski definition) is 5. The standard InChI is InChI=1S/C11H10FN3OS2/c1-17-11-14-8(10(16)15-13)9(18-11)6-2-4-7(12)5-3-6/h2-5H,13H2,1H3,(H,15,16). The summed E-state index contributed by atoms with van der Waals surface area (Å²) in [4.78, 5) is 16.5. The molecule has 1 amide bonds. The van der Waals surface area contributed by atoms with Gasteiger partial charge < -0.3 is 0 Å². The van der Waals surface area contributed by atoms with E-state index in [0.717, 1.165) is 9.90 Å². The van der Waals surface area contributed by atoms with Crippen LogP contribution in [-0.2, 0) is 0 Å². The number of nitrogens with two attached hydrogens (primary N) is 1. The van der Waals surface area contributed by atoms with E-state index < -0.39 is 5.91 Å². The van der Waals surface area contributed by atoms with Crippen molar-refractivity contribution in [1.82, 2.24) is 10.4 Å². The monoisotopic (exact) mass is 283 g/mol. The summed E-state index contributed by atoms with van der Waals surface area (Å²) in [5.74, 6) is 4.35. The number of amides is 1. The van der Waals surface area contributed by atoms with Crippen LogP contribution in [0.25, 0.3) is 10.4 Å². The minimum Gasteiger partial charge on any atom is -0.289 e. The molecule has 2 rings (SSSR count). The van der Waals surface area contributed by atoms with Crippen LogP contribution in [0.5, 0.6) is 0 Å². The van der Waals surface area contributed by atoms with Gasteiger partial charge in [0.1, 0.15) is 11.5 Å². The lowest BCUT2D eigenvalue weighted by molar-refractivity contribution is 0.0949. The van der Waals surface area contributed by atoms with Crippen LogP contribution in [-0.4, -0.2) is 17.1 Å². The third kappa shape index (κ3) is 2.53. The van der Waals surface area contributed by atoms with Crippen LogP contribution in [0.4, 0.5) is 4.39 Å². The van der Waals surface area contributed by atoms with Gasteiger partial charge in [-0.1, -0.05) is 23.9 Å². The van der Waals surface area contributed by atoms with E-state index in [2.05, 4.69) is 10.4 Å². The molecule has 0 aliphatic rings. The van der Waals surface area contributed by atoms with Gasteiger partial charge in [-0.2, -0.15) is 0 Å². The minimum absolute atomic E-state index is 0.262. The molecular formula is C11H10FN3OS2. The molecular weight excluding hydrogens is 273 g/mol. The van der Waals surface area contributed by atoms with Crippen LogP contribution in [0.1, 0.15) is 10.5 Å². The highest BCUT2D eigenvalue weighted by Crippen LogP contribution is 2.34. The third-order valence-corrected chi connectivity index (χ3v) is 4.32. The lowest BCUT2D eigenvalue weighted by Crippen LogP contribution is -2.30. The predicted octanol–water partition coefficient (Wildman–Crippen LogP) is 2.27. The lowest BCUT2D eigenvalue weighted by Gasteiger charge is -2.00. The molecule has 0 radical (unpaired) electrons. The molecule has 1 aromatic carbocycles. The van der Waals surface area contributed by atoms with Crippen molar-refractivity contribution >= 4 is 29.0 Å². The number of rotatable bonds is 3. The Morgan fingerprint density at radius 2 is 2.11 bits per heavy atom. The van der Waals surface area contributed by atoms with E-state index in [0.29, 0.717) is 4.88 Å². The van der Waals surface area contributed by atoms with Gasteiger partial charge in [-0.3, -0.25) is 10.2 Å². The summed E-state index contributed by atoms with van der Waals surface area (Å²) in [6.45, 7) is 0. The Kier molecular flexibility index (Phi) is 3.95. The summed E-state index contributed by atoms with van der Waals surface area (Å²) in [5, 5.41) is 0. The summed E-state index contributed by atoms with van der Waals surface area (Å²) in [6.07, 6.45) is 1.87. The average Bonchev–Trinajstić information content (AvgIpc) is 2.83. The van der Waals surface area contributed by atoms with E-state index in [1.54, 1.807) is 12.1 Å². The van der Waals surface area contributed by atoms with Crippen LogP contribution < -0.4 is 11.3 Å². The van der Waals surface area contributed by atoms with Gasteiger partial charge in [0.2, 0.25) is 0 Å². The number of nitrogens with zero attached hydrogens (tertiary/aromatic N) is 1. The zero-order chi connectivity index (χ0) is 13.1. The first-order valence-electron chi connectivity index (χ1n) is 4.97. The number of nitrogen functional groups attached to an aromatic ring is 1. The van der Waals surface area contributed by atoms with Gasteiger partial charge >= 0.3 is 0 Å². The van der Waals surface area contributed by atoms with Crippen LogP contribution in [0.15, 0.2) is 28.6 Å². The molecule has 0 bridgehead atoms. The maximum atomic E-state index is 12.9. The fourth-order valence-electron chi connectivity index (χ4n) is 1.41. The molecule has 0 atom stereocenters. The number of thioether (sulfide) groups is 1. The van der Waals surface area contributed by atoms with E-state index >= 15 is 0 Å². The number of carbonyl (C=O) groups excluding carboxylic acids is 1. The molecule has 1 aromatic heterocycles. The molecule has 0 aliphatic carbocycles. The Morgan fingerprint density at radius 3 is 2.67 bits per heavy atom. The van der Waals surface area contributed by atoms with Crippen molar-refractivity contribution in [3.05, 3.63) is 35.8 Å². The second kappa shape index (κ2) is 5.47. The number of hydrogen-bond donors (Lipinski definition) is 2. The van der Waals surface area contributed by atoms with Gasteiger partial charge in [0, 0.05) is 0 Å². The number of hydrazine groups is 1. The summed E-state index contributed by atoms with van der Waals surface area (Å²) < 4.78 is 13.6. The SMILES string of the molecule is CSc1nc(C(=O)NN)c(-c2ccc(F)cc2)s1. The van der Waals surface area contributed by atoms with E-state index in [1.807, 2.05) is 6.26 Å². The van der Waals surface area contributed by atoms with Crippen molar-refractivity contribution in [2.45, 2.75) is 4.34 Å². The van der Waals surface area contributed by atoms with Gasteiger partial charge in [0.15, 0.2) is 4.34 Å². The van der Waals surface area contributed by atoms with E-state index in [1.165, 1.54) is 35.2 Å². The third-order valence-electron chi connectivity index (χ3n) is 2.23.